The molecule has 1 atom stereocenters. The summed E-state index contributed by atoms with van der Waals surface area (Å²) in [4.78, 5) is 35.7. The molecule has 0 aliphatic rings. The number of amides is 2. The van der Waals surface area contributed by atoms with Gasteiger partial charge < -0.3 is 15.3 Å². The van der Waals surface area contributed by atoms with Crippen molar-refractivity contribution in [2.45, 2.75) is 32.7 Å². The van der Waals surface area contributed by atoms with Crippen molar-refractivity contribution in [1.82, 2.24) is 10.2 Å². The third-order valence-corrected chi connectivity index (χ3v) is 4.19. The fourth-order valence-electron chi connectivity index (χ4n) is 2.07. The normalized spacial score (nSPS) is 11.6. The number of hydrogen-bond donors (Lipinski definition) is 2. The van der Waals surface area contributed by atoms with Gasteiger partial charge in [-0.05, 0) is 25.3 Å². The largest absolute Gasteiger partial charge is 0.480 e. The van der Waals surface area contributed by atoms with Gasteiger partial charge in [0.2, 0.25) is 0 Å². The van der Waals surface area contributed by atoms with E-state index < -0.39 is 18.0 Å². The number of carboxylic acids is 1. The number of hydrogen-bond acceptors (Lipinski definition) is 4. The minimum Gasteiger partial charge on any atom is -0.480 e. The molecule has 0 unspecified atom stereocenters. The monoisotopic (exact) mass is 352 g/mol. The van der Waals surface area contributed by atoms with E-state index in [0.29, 0.717) is 18.8 Å². The summed E-state index contributed by atoms with van der Waals surface area (Å²) in [5.74, 6) is -0.582. The maximum atomic E-state index is 12.2. The summed E-state index contributed by atoms with van der Waals surface area (Å²) in [7, 11) is 0. The van der Waals surface area contributed by atoms with Crippen LogP contribution in [0, 0.1) is 0 Å². The Balaban J connectivity index is 2.54. The molecule has 0 aliphatic heterocycles. The molecule has 0 saturated heterocycles. The van der Waals surface area contributed by atoms with Crippen LogP contribution in [0.4, 0.5) is 4.79 Å². The summed E-state index contributed by atoms with van der Waals surface area (Å²) in [5, 5.41) is 11.4. The van der Waals surface area contributed by atoms with E-state index in [1.165, 1.54) is 19.4 Å². The molecule has 24 heavy (non-hydrogen) atoms. The molecule has 7 heteroatoms. The summed E-state index contributed by atoms with van der Waals surface area (Å²) < 4.78 is 0. The number of rotatable bonds is 9. The van der Waals surface area contributed by atoms with Crippen molar-refractivity contribution < 1.29 is 19.5 Å². The molecule has 0 aliphatic carbocycles. The predicted molar refractivity (Wildman–Crippen MR) is 95.1 cm³/mol. The van der Waals surface area contributed by atoms with Gasteiger partial charge in [-0.3, -0.25) is 9.59 Å². The van der Waals surface area contributed by atoms with Gasteiger partial charge in [-0.1, -0.05) is 42.1 Å². The quantitative estimate of drug-likeness (QED) is 0.712. The van der Waals surface area contributed by atoms with Crippen LogP contribution in [0.1, 0.15) is 25.8 Å². The summed E-state index contributed by atoms with van der Waals surface area (Å²) in [6.45, 7) is 3.81. The highest BCUT2D eigenvalue weighted by Crippen LogP contribution is 2.07. The Hall–Kier alpha value is -2.02. The molecular formula is C17H24N2O4S. The molecule has 0 saturated carbocycles. The van der Waals surface area contributed by atoms with Crippen LogP contribution in [0.3, 0.4) is 0 Å². The van der Waals surface area contributed by atoms with Crippen molar-refractivity contribution in [2.24, 2.45) is 0 Å². The number of benzene rings is 1. The molecule has 6 nitrogen and oxygen atoms in total. The topological polar surface area (TPSA) is 86.7 Å². The molecule has 2 amide bonds. The lowest BCUT2D eigenvalue weighted by Crippen LogP contribution is -2.47. The minimum absolute atomic E-state index is 0.00134. The van der Waals surface area contributed by atoms with E-state index in [4.69, 9.17) is 5.11 Å². The highest BCUT2D eigenvalue weighted by Gasteiger charge is 2.19. The number of carbonyl (C=O) groups is 3. The zero-order valence-electron chi connectivity index (χ0n) is 14.0. The summed E-state index contributed by atoms with van der Waals surface area (Å²) in [5.41, 5.74) is 1.19. The highest BCUT2D eigenvalue weighted by atomic mass is 32.2. The van der Waals surface area contributed by atoms with Gasteiger partial charge in [0.25, 0.3) is 0 Å². The van der Waals surface area contributed by atoms with Crippen LogP contribution in [-0.2, 0) is 16.0 Å². The van der Waals surface area contributed by atoms with E-state index in [1.54, 1.807) is 4.90 Å². The standard InChI is InChI=1S/C17H24N2O4S/c1-13(16(21)22)18-17(23)19(11-12-24-14(2)20)10-6-9-15-7-4-3-5-8-15/h3-5,7-8,13H,6,9-12H2,1-2H3,(H,18,23)(H,21,22)/t13-/m0/s1. The molecule has 2 N–H and O–H groups in total. The van der Waals surface area contributed by atoms with Crippen LogP contribution in [0.25, 0.3) is 0 Å². The van der Waals surface area contributed by atoms with Crippen molar-refractivity contribution in [2.75, 3.05) is 18.8 Å². The number of carbonyl (C=O) groups excluding carboxylic acids is 2. The fourth-order valence-corrected chi connectivity index (χ4v) is 2.67. The van der Waals surface area contributed by atoms with Gasteiger partial charge in [0.15, 0.2) is 5.12 Å². The van der Waals surface area contributed by atoms with Gasteiger partial charge in [0.05, 0.1) is 0 Å². The third kappa shape index (κ3) is 8.01. The van der Waals surface area contributed by atoms with Crippen molar-refractivity contribution in [3.05, 3.63) is 35.9 Å². The Morgan fingerprint density at radius 2 is 1.88 bits per heavy atom. The van der Waals surface area contributed by atoms with Gasteiger partial charge in [0, 0.05) is 25.8 Å². The Morgan fingerprint density at radius 1 is 1.21 bits per heavy atom. The zero-order chi connectivity index (χ0) is 17.9. The second-order valence-electron chi connectivity index (χ2n) is 5.43. The number of urea groups is 1. The average Bonchev–Trinajstić information content (AvgIpc) is 2.53. The minimum atomic E-state index is -1.08. The Morgan fingerprint density at radius 3 is 2.46 bits per heavy atom. The smallest absolute Gasteiger partial charge is 0.325 e. The Bertz CT molecular complexity index is 551. The second-order valence-corrected chi connectivity index (χ2v) is 6.70. The van der Waals surface area contributed by atoms with E-state index in [9.17, 15) is 14.4 Å². The lowest BCUT2D eigenvalue weighted by atomic mass is 10.1. The van der Waals surface area contributed by atoms with Gasteiger partial charge in [-0.2, -0.15) is 0 Å². The predicted octanol–water partition coefficient (Wildman–Crippen LogP) is 2.38. The molecule has 132 valence electrons. The van der Waals surface area contributed by atoms with E-state index in [0.717, 1.165) is 24.6 Å². The molecule has 0 bridgehead atoms. The van der Waals surface area contributed by atoms with Gasteiger partial charge >= 0.3 is 12.0 Å². The summed E-state index contributed by atoms with van der Waals surface area (Å²) in [6.07, 6.45) is 1.60. The Kier molecular flexibility index (Phi) is 8.93. The summed E-state index contributed by atoms with van der Waals surface area (Å²) in [6, 6.07) is 8.59. The first kappa shape index (κ1) is 20.0. The van der Waals surface area contributed by atoms with Crippen molar-refractivity contribution in [3.63, 3.8) is 0 Å². The molecule has 0 heterocycles. The van der Waals surface area contributed by atoms with Crippen LogP contribution in [-0.4, -0.2) is 52.0 Å². The number of carboxylic acid groups (broad SMARTS) is 1. The van der Waals surface area contributed by atoms with Crippen molar-refractivity contribution in [3.8, 4) is 0 Å². The molecule has 0 fully saturated rings. The van der Waals surface area contributed by atoms with E-state index in [2.05, 4.69) is 5.32 Å². The van der Waals surface area contributed by atoms with Crippen molar-refractivity contribution >= 4 is 28.9 Å². The summed E-state index contributed by atoms with van der Waals surface area (Å²) >= 11 is 1.16. The number of thioether (sulfide) groups is 1. The van der Waals surface area contributed by atoms with Gasteiger partial charge in [-0.15, -0.1) is 0 Å². The van der Waals surface area contributed by atoms with E-state index >= 15 is 0 Å². The van der Waals surface area contributed by atoms with Crippen LogP contribution < -0.4 is 5.32 Å². The number of aryl methyl sites for hydroxylation is 1. The Labute approximate surface area is 146 Å². The third-order valence-electron chi connectivity index (χ3n) is 3.40. The first-order valence-corrected chi connectivity index (χ1v) is 8.84. The number of nitrogens with one attached hydrogen (secondary N) is 1. The molecule has 0 aromatic heterocycles. The molecule has 0 spiro atoms. The maximum absolute atomic E-state index is 12.2. The van der Waals surface area contributed by atoms with Crippen LogP contribution in [0.2, 0.25) is 0 Å². The van der Waals surface area contributed by atoms with Gasteiger partial charge in [0.1, 0.15) is 6.04 Å². The maximum Gasteiger partial charge on any atom is 0.325 e. The molecule has 1 aromatic carbocycles. The average molecular weight is 352 g/mol. The molecule has 1 rings (SSSR count). The first-order valence-electron chi connectivity index (χ1n) is 7.85. The molecule has 0 radical (unpaired) electrons. The fraction of sp³-hybridized carbons (Fsp3) is 0.471. The first-order chi connectivity index (χ1) is 11.4. The molecule has 1 aromatic rings. The van der Waals surface area contributed by atoms with Gasteiger partial charge in [-0.25, -0.2) is 4.79 Å². The highest BCUT2D eigenvalue weighted by molar-refractivity contribution is 8.13. The van der Waals surface area contributed by atoms with Crippen LogP contribution in [0.5, 0.6) is 0 Å². The molecular weight excluding hydrogens is 328 g/mol. The van der Waals surface area contributed by atoms with E-state index in [-0.39, 0.29) is 5.12 Å². The number of nitrogens with zero attached hydrogens (tertiary/aromatic N) is 1. The zero-order valence-corrected chi connectivity index (χ0v) is 14.8. The van der Waals surface area contributed by atoms with E-state index in [1.807, 2.05) is 30.3 Å². The number of aliphatic carboxylic acids is 1. The van der Waals surface area contributed by atoms with Crippen LogP contribution in [0.15, 0.2) is 30.3 Å². The second kappa shape index (κ2) is 10.7. The lowest BCUT2D eigenvalue weighted by Gasteiger charge is -2.24. The van der Waals surface area contributed by atoms with Crippen LogP contribution >= 0.6 is 11.8 Å². The lowest BCUT2D eigenvalue weighted by molar-refractivity contribution is -0.138. The SMILES string of the molecule is CC(=O)SCCN(CCCc1ccccc1)C(=O)N[C@@H](C)C(=O)O. The van der Waals surface area contributed by atoms with Crippen molar-refractivity contribution in [1.29, 1.82) is 0 Å².